The summed E-state index contributed by atoms with van der Waals surface area (Å²) in [5.41, 5.74) is 0.362. The molecule has 23 heavy (non-hydrogen) atoms. The van der Waals surface area contributed by atoms with Gasteiger partial charge in [-0.05, 0) is 24.5 Å². The molecular weight excluding hydrogens is 296 g/mol. The number of aromatic nitrogens is 3. The summed E-state index contributed by atoms with van der Waals surface area (Å²) in [6.07, 6.45) is 0.749. The van der Waals surface area contributed by atoms with E-state index in [0.29, 0.717) is 23.9 Å². The van der Waals surface area contributed by atoms with Crippen molar-refractivity contribution >= 4 is 16.8 Å². The summed E-state index contributed by atoms with van der Waals surface area (Å²) >= 11 is 0. The highest BCUT2D eigenvalue weighted by molar-refractivity contribution is 5.77. The lowest BCUT2D eigenvalue weighted by atomic mass is 10.1. The number of amides is 1. The van der Waals surface area contributed by atoms with E-state index in [0.717, 1.165) is 0 Å². The minimum absolute atomic E-state index is 0.0843. The number of benzene rings is 1. The van der Waals surface area contributed by atoms with Crippen molar-refractivity contribution in [3.05, 3.63) is 34.6 Å². The number of aryl methyl sites for hydroxylation is 1. The Morgan fingerprint density at radius 1 is 1.35 bits per heavy atom. The molecule has 124 valence electrons. The van der Waals surface area contributed by atoms with Gasteiger partial charge in [0.15, 0.2) is 0 Å². The van der Waals surface area contributed by atoms with Gasteiger partial charge in [0, 0.05) is 13.0 Å². The van der Waals surface area contributed by atoms with Gasteiger partial charge in [-0.2, -0.15) is 0 Å². The molecule has 2 aromatic rings. The largest absolute Gasteiger partial charge is 0.394 e. The van der Waals surface area contributed by atoms with E-state index in [1.54, 1.807) is 24.3 Å². The van der Waals surface area contributed by atoms with E-state index in [9.17, 15) is 14.7 Å². The zero-order valence-corrected chi connectivity index (χ0v) is 13.4. The van der Waals surface area contributed by atoms with Crippen molar-refractivity contribution in [2.24, 2.45) is 5.92 Å². The SMILES string of the molecule is CC(C)C(CO)NC(=O)CCCn1nnc2ccccc2c1=O. The zero-order valence-electron chi connectivity index (χ0n) is 13.4. The smallest absolute Gasteiger partial charge is 0.277 e. The highest BCUT2D eigenvalue weighted by Crippen LogP contribution is 2.04. The van der Waals surface area contributed by atoms with Crippen LogP contribution < -0.4 is 10.9 Å². The summed E-state index contributed by atoms with van der Waals surface area (Å²) < 4.78 is 1.28. The summed E-state index contributed by atoms with van der Waals surface area (Å²) in [6, 6.07) is 6.79. The Labute approximate surface area is 134 Å². The van der Waals surface area contributed by atoms with Crippen LogP contribution in [0.25, 0.3) is 10.9 Å². The monoisotopic (exact) mass is 318 g/mol. The Balaban J connectivity index is 1.93. The molecule has 1 aromatic heterocycles. The topological polar surface area (TPSA) is 97.1 Å². The molecule has 1 aromatic carbocycles. The molecule has 0 aliphatic rings. The fraction of sp³-hybridized carbons (Fsp3) is 0.500. The van der Waals surface area contributed by atoms with Crippen LogP contribution in [0.1, 0.15) is 26.7 Å². The van der Waals surface area contributed by atoms with Gasteiger partial charge in [0.1, 0.15) is 5.52 Å². The molecule has 7 nitrogen and oxygen atoms in total. The van der Waals surface area contributed by atoms with E-state index >= 15 is 0 Å². The molecule has 0 saturated carbocycles. The quantitative estimate of drug-likeness (QED) is 0.783. The molecule has 0 spiro atoms. The van der Waals surface area contributed by atoms with Gasteiger partial charge >= 0.3 is 0 Å². The van der Waals surface area contributed by atoms with E-state index in [4.69, 9.17) is 0 Å². The second-order valence-electron chi connectivity index (χ2n) is 5.84. The predicted octanol–water partition coefficient (Wildman–Crippen LogP) is 0.705. The second kappa shape index (κ2) is 7.82. The molecule has 7 heteroatoms. The van der Waals surface area contributed by atoms with Gasteiger partial charge in [-0.25, -0.2) is 4.68 Å². The molecule has 0 radical (unpaired) electrons. The minimum atomic E-state index is -0.245. The lowest BCUT2D eigenvalue weighted by molar-refractivity contribution is -0.122. The lowest BCUT2D eigenvalue weighted by Crippen LogP contribution is -2.41. The summed E-state index contributed by atoms with van der Waals surface area (Å²) in [7, 11) is 0. The third-order valence-corrected chi connectivity index (χ3v) is 3.75. The third kappa shape index (κ3) is 4.35. The van der Waals surface area contributed by atoms with Crippen LogP contribution in [0.2, 0.25) is 0 Å². The van der Waals surface area contributed by atoms with Crippen molar-refractivity contribution in [3.8, 4) is 0 Å². The van der Waals surface area contributed by atoms with E-state index < -0.39 is 0 Å². The van der Waals surface area contributed by atoms with Crippen LogP contribution in [-0.2, 0) is 11.3 Å². The van der Waals surface area contributed by atoms with Gasteiger partial charge in [0.2, 0.25) is 5.91 Å². The molecule has 1 atom stereocenters. The first-order chi connectivity index (χ1) is 11.0. The summed E-state index contributed by atoms with van der Waals surface area (Å²) in [5, 5.41) is 20.4. The number of carbonyl (C=O) groups is 1. The van der Waals surface area contributed by atoms with Crippen LogP contribution in [-0.4, -0.2) is 38.7 Å². The average molecular weight is 318 g/mol. The van der Waals surface area contributed by atoms with Crippen molar-refractivity contribution in [3.63, 3.8) is 0 Å². The number of nitrogens with zero attached hydrogens (tertiary/aromatic N) is 3. The van der Waals surface area contributed by atoms with Crippen molar-refractivity contribution in [2.75, 3.05) is 6.61 Å². The average Bonchev–Trinajstić information content (AvgIpc) is 2.54. The standard InChI is InChI=1S/C16H22N4O3/c1-11(2)14(10-21)17-15(22)8-5-9-20-16(23)12-6-3-4-7-13(12)18-19-20/h3-4,6-7,11,14,21H,5,8-10H2,1-2H3,(H,17,22). The number of hydrogen-bond donors (Lipinski definition) is 2. The molecule has 0 fully saturated rings. The van der Waals surface area contributed by atoms with E-state index in [-0.39, 0.29) is 36.5 Å². The Morgan fingerprint density at radius 3 is 2.78 bits per heavy atom. The van der Waals surface area contributed by atoms with Gasteiger partial charge in [-0.15, -0.1) is 5.10 Å². The van der Waals surface area contributed by atoms with E-state index in [2.05, 4.69) is 15.6 Å². The van der Waals surface area contributed by atoms with E-state index in [1.165, 1.54) is 4.68 Å². The van der Waals surface area contributed by atoms with Crippen LogP contribution in [0.15, 0.2) is 29.1 Å². The fourth-order valence-electron chi connectivity index (χ4n) is 2.26. The summed E-state index contributed by atoms with van der Waals surface area (Å²) in [6.45, 7) is 4.12. The fourth-order valence-corrected chi connectivity index (χ4v) is 2.26. The predicted molar refractivity (Wildman–Crippen MR) is 86.9 cm³/mol. The molecule has 0 saturated heterocycles. The minimum Gasteiger partial charge on any atom is -0.394 e. The van der Waals surface area contributed by atoms with Gasteiger partial charge in [-0.3, -0.25) is 9.59 Å². The number of nitrogens with one attached hydrogen (secondary N) is 1. The Bertz CT molecular complexity index is 727. The van der Waals surface area contributed by atoms with Gasteiger partial charge in [0.25, 0.3) is 5.56 Å². The number of aliphatic hydroxyl groups excluding tert-OH is 1. The Hall–Kier alpha value is -2.28. The molecule has 1 heterocycles. The van der Waals surface area contributed by atoms with Crippen LogP contribution in [0, 0.1) is 5.92 Å². The maximum absolute atomic E-state index is 12.2. The van der Waals surface area contributed by atoms with Crippen LogP contribution in [0.3, 0.4) is 0 Å². The van der Waals surface area contributed by atoms with Crippen molar-refractivity contribution < 1.29 is 9.90 Å². The maximum atomic E-state index is 12.2. The molecule has 2 rings (SSSR count). The molecule has 2 N–H and O–H groups in total. The first-order valence-electron chi connectivity index (χ1n) is 7.75. The third-order valence-electron chi connectivity index (χ3n) is 3.75. The Morgan fingerprint density at radius 2 is 2.09 bits per heavy atom. The van der Waals surface area contributed by atoms with Gasteiger partial charge < -0.3 is 10.4 Å². The van der Waals surface area contributed by atoms with Gasteiger partial charge in [-0.1, -0.05) is 31.2 Å². The maximum Gasteiger partial charge on any atom is 0.277 e. The number of rotatable bonds is 7. The first kappa shape index (κ1) is 17.1. The highest BCUT2D eigenvalue weighted by atomic mass is 16.3. The van der Waals surface area contributed by atoms with Crippen LogP contribution >= 0.6 is 0 Å². The van der Waals surface area contributed by atoms with E-state index in [1.807, 2.05) is 13.8 Å². The van der Waals surface area contributed by atoms with Gasteiger partial charge in [0.05, 0.1) is 18.0 Å². The normalized spacial score (nSPS) is 12.5. The molecule has 1 amide bonds. The summed E-state index contributed by atoms with van der Waals surface area (Å²) in [5.74, 6) is 0.0254. The number of fused-ring (bicyclic) bond motifs is 1. The van der Waals surface area contributed by atoms with Crippen molar-refractivity contribution in [2.45, 2.75) is 39.3 Å². The number of hydrogen-bond acceptors (Lipinski definition) is 5. The molecule has 0 bridgehead atoms. The number of aliphatic hydroxyl groups is 1. The van der Waals surface area contributed by atoms with Crippen LogP contribution in [0.4, 0.5) is 0 Å². The second-order valence-corrected chi connectivity index (χ2v) is 5.84. The van der Waals surface area contributed by atoms with Crippen LogP contribution in [0.5, 0.6) is 0 Å². The first-order valence-corrected chi connectivity index (χ1v) is 7.75. The molecule has 0 aliphatic heterocycles. The van der Waals surface area contributed by atoms with Crippen molar-refractivity contribution in [1.29, 1.82) is 0 Å². The number of carbonyl (C=O) groups excluding carboxylic acids is 1. The molecular formula is C16H22N4O3. The lowest BCUT2D eigenvalue weighted by Gasteiger charge is -2.19. The Kier molecular flexibility index (Phi) is 5.81. The highest BCUT2D eigenvalue weighted by Gasteiger charge is 2.14. The zero-order chi connectivity index (χ0) is 16.8. The molecule has 0 aliphatic carbocycles. The van der Waals surface area contributed by atoms with Crippen molar-refractivity contribution in [1.82, 2.24) is 20.3 Å². The molecule has 1 unspecified atom stereocenters. The summed E-state index contributed by atoms with van der Waals surface area (Å²) in [4.78, 5) is 24.1.